The van der Waals surface area contributed by atoms with Gasteiger partial charge >= 0.3 is 17.8 Å². The molecule has 4 aromatic rings. The van der Waals surface area contributed by atoms with Crippen LogP contribution in [0.25, 0.3) is 10.6 Å². The number of halogens is 2. The number of rotatable bonds is 6. The molecule has 0 bridgehead atoms. The van der Waals surface area contributed by atoms with Gasteiger partial charge in [-0.25, -0.2) is 10.2 Å². The Labute approximate surface area is 218 Å². The third-order valence-corrected chi connectivity index (χ3v) is 5.93. The molecule has 0 atom stereocenters. The molecule has 0 aliphatic rings. The van der Waals surface area contributed by atoms with Gasteiger partial charge in [0.15, 0.2) is 0 Å². The second kappa shape index (κ2) is 11.5. The van der Waals surface area contributed by atoms with E-state index in [1.165, 1.54) is 36.5 Å². The highest BCUT2D eigenvalue weighted by molar-refractivity contribution is 7.18. The van der Waals surface area contributed by atoms with Crippen molar-refractivity contribution in [1.29, 1.82) is 0 Å². The second-order valence-electron chi connectivity index (χ2n) is 7.01. The summed E-state index contributed by atoms with van der Waals surface area (Å²) >= 11 is 13.0. The van der Waals surface area contributed by atoms with Crippen LogP contribution in [0.3, 0.4) is 0 Å². The maximum Gasteiger partial charge on any atom is 0.345 e. The molecule has 2 amide bonds. The molecule has 0 aliphatic carbocycles. The topological polar surface area (TPSA) is 123 Å². The summed E-state index contributed by atoms with van der Waals surface area (Å²) in [6.45, 7) is 0. The number of carbonyl (C=O) groups is 3. The molecule has 0 unspecified atom stereocenters. The third-order valence-electron chi connectivity index (χ3n) is 4.49. The van der Waals surface area contributed by atoms with Gasteiger partial charge in [0.05, 0.1) is 16.8 Å². The van der Waals surface area contributed by atoms with Gasteiger partial charge < -0.3 is 4.74 Å². The molecule has 1 heterocycles. The average molecular weight is 540 g/mol. The standard InChI is InChI=1S/C24H15Cl2N5O4S/c25-16-8-11-18(19(26)12-16)23(34)35-17-9-6-14(7-10-17)13-27-29-21(33)20(32)28-24-31-30-22(36-24)15-4-2-1-3-5-15/h1-13H,(H,29,33)(H,28,31,32)/b27-13+. The smallest absolute Gasteiger partial charge is 0.345 e. The molecule has 0 fully saturated rings. The summed E-state index contributed by atoms with van der Waals surface area (Å²) in [5, 5.41) is 15.4. The Morgan fingerprint density at radius 1 is 0.917 bits per heavy atom. The van der Waals surface area contributed by atoms with E-state index < -0.39 is 17.8 Å². The summed E-state index contributed by atoms with van der Waals surface area (Å²) in [5.74, 6) is -2.28. The van der Waals surface area contributed by atoms with E-state index in [4.69, 9.17) is 27.9 Å². The van der Waals surface area contributed by atoms with Crippen LogP contribution in [0, 0.1) is 0 Å². The largest absolute Gasteiger partial charge is 0.423 e. The van der Waals surface area contributed by atoms with Crippen LogP contribution in [0.1, 0.15) is 15.9 Å². The first kappa shape index (κ1) is 25.0. The minimum atomic E-state index is -0.979. The van der Waals surface area contributed by atoms with Crippen molar-refractivity contribution in [1.82, 2.24) is 15.6 Å². The molecule has 180 valence electrons. The van der Waals surface area contributed by atoms with Crippen LogP contribution < -0.4 is 15.5 Å². The molecule has 0 aliphatic heterocycles. The van der Waals surface area contributed by atoms with Gasteiger partial charge in [0.25, 0.3) is 0 Å². The predicted molar refractivity (Wildman–Crippen MR) is 138 cm³/mol. The first-order valence-electron chi connectivity index (χ1n) is 10.2. The minimum absolute atomic E-state index is 0.178. The lowest BCUT2D eigenvalue weighted by atomic mass is 10.2. The summed E-state index contributed by atoms with van der Waals surface area (Å²) in [4.78, 5) is 36.4. The van der Waals surface area contributed by atoms with Gasteiger partial charge in [0, 0.05) is 10.6 Å². The highest BCUT2D eigenvalue weighted by Gasteiger charge is 2.16. The Morgan fingerprint density at radius 2 is 1.67 bits per heavy atom. The molecule has 4 rings (SSSR count). The fourth-order valence-electron chi connectivity index (χ4n) is 2.78. The quantitative estimate of drug-likeness (QED) is 0.119. The van der Waals surface area contributed by atoms with E-state index >= 15 is 0 Å². The molecule has 1 aromatic heterocycles. The molecule has 3 aromatic carbocycles. The van der Waals surface area contributed by atoms with Crippen molar-refractivity contribution in [2.45, 2.75) is 0 Å². The number of aromatic nitrogens is 2. The number of benzene rings is 3. The number of hydrogen-bond donors (Lipinski definition) is 2. The van der Waals surface area contributed by atoms with Crippen LogP contribution in [-0.2, 0) is 9.59 Å². The molecule has 36 heavy (non-hydrogen) atoms. The maximum atomic E-state index is 12.3. The molecule has 2 N–H and O–H groups in total. The summed E-state index contributed by atoms with van der Waals surface area (Å²) in [6, 6.07) is 20.1. The van der Waals surface area contributed by atoms with E-state index in [9.17, 15) is 14.4 Å². The molecule has 0 saturated heterocycles. The van der Waals surface area contributed by atoms with Crippen molar-refractivity contribution in [2.24, 2.45) is 5.10 Å². The SMILES string of the molecule is O=C(N/N=C/c1ccc(OC(=O)c2ccc(Cl)cc2Cl)cc1)C(=O)Nc1nnc(-c2ccccc2)s1. The van der Waals surface area contributed by atoms with Crippen molar-refractivity contribution >= 4 is 63.7 Å². The van der Waals surface area contributed by atoms with Crippen molar-refractivity contribution < 1.29 is 19.1 Å². The van der Waals surface area contributed by atoms with Crippen LogP contribution >= 0.6 is 34.5 Å². The summed E-state index contributed by atoms with van der Waals surface area (Å²) in [6.07, 6.45) is 1.32. The van der Waals surface area contributed by atoms with Crippen LogP contribution in [0.15, 0.2) is 77.9 Å². The molecular weight excluding hydrogens is 525 g/mol. The maximum absolute atomic E-state index is 12.3. The Hall–Kier alpha value is -4.12. The zero-order valence-electron chi connectivity index (χ0n) is 18.1. The molecule has 9 nitrogen and oxygen atoms in total. The zero-order valence-corrected chi connectivity index (χ0v) is 20.5. The van der Waals surface area contributed by atoms with Crippen LogP contribution in [-0.4, -0.2) is 34.2 Å². The van der Waals surface area contributed by atoms with Gasteiger partial charge in [0.1, 0.15) is 10.8 Å². The Morgan fingerprint density at radius 3 is 2.39 bits per heavy atom. The number of anilines is 1. The summed E-state index contributed by atoms with van der Waals surface area (Å²) in [5.41, 5.74) is 3.74. The Balaban J connectivity index is 1.28. The lowest BCUT2D eigenvalue weighted by Crippen LogP contribution is -2.32. The van der Waals surface area contributed by atoms with Gasteiger partial charge in [-0.05, 0) is 48.0 Å². The highest BCUT2D eigenvalue weighted by atomic mass is 35.5. The van der Waals surface area contributed by atoms with Gasteiger partial charge in [-0.1, -0.05) is 64.9 Å². The highest BCUT2D eigenvalue weighted by Crippen LogP contribution is 2.26. The first-order valence-corrected chi connectivity index (χ1v) is 11.8. The lowest BCUT2D eigenvalue weighted by Gasteiger charge is -2.06. The number of hydrogen-bond acceptors (Lipinski definition) is 8. The van der Waals surface area contributed by atoms with Gasteiger partial charge in [-0.3, -0.25) is 14.9 Å². The van der Waals surface area contributed by atoms with Crippen molar-refractivity contribution in [2.75, 3.05) is 5.32 Å². The normalized spacial score (nSPS) is 10.7. The number of hydrazone groups is 1. The van der Waals surface area contributed by atoms with Crippen LogP contribution in [0.4, 0.5) is 5.13 Å². The third kappa shape index (κ3) is 6.51. The zero-order chi connectivity index (χ0) is 25.5. The molecule has 0 saturated carbocycles. The van der Waals surface area contributed by atoms with E-state index in [1.807, 2.05) is 30.3 Å². The summed E-state index contributed by atoms with van der Waals surface area (Å²) in [7, 11) is 0. The number of nitrogens with zero attached hydrogens (tertiary/aromatic N) is 3. The molecule has 0 spiro atoms. The first-order chi connectivity index (χ1) is 17.4. The molecule has 0 radical (unpaired) electrons. The van der Waals surface area contributed by atoms with Gasteiger partial charge in [-0.2, -0.15) is 5.10 Å². The van der Waals surface area contributed by atoms with Gasteiger partial charge in [0.2, 0.25) is 5.13 Å². The van der Waals surface area contributed by atoms with Crippen LogP contribution in [0.2, 0.25) is 10.0 Å². The van der Waals surface area contributed by atoms with E-state index in [0.717, 1.165) is 16.9 Å². The number of amides is 2. The van der Waals surface area contributed by atoms with Crippen molar-refractivity contribution in [3.63, 3.8) is 0 Å². The Kier molecular flexibility index (Phi) is 8.01. The fourth-order valence-corrected chi connectivity index (χ4v) is 4.01. The predicted octanol–water partition coefficient (Wildman–Crippen LogP) is 4.82. The number of esters is 1. The van der Waals surface area contributed by atoms with Crippen molar-refractivity contribution in [3.8, 4) is 16.3 Å². The second-order valence-corrected chi connectivity index (χ2v) is 8.84. The number of carbonyl (C=O) groups excluding carboxylic acids is 3. The van der Waals surface area contributed by atoms with Gasteiger partial charge in [-0.15, -0.1) is 10.2 Å². The van der Waals surface area contributed by atoms with E-state index in [0.29, 0.717) is 15.6 Å². The average Bonchev–Trinajstić information content (AvgIpc) is 3.34. The summed E-state index contributed by atoms with van der Waals surface area (Å²) < 4.78 is 5.29. The lowest BCUT2D eigenvalue weighted by molar-refractivity contribution is -0.136. The minimum Gasteiger partial charge on any atom is -0.423 e. The number of ether oxygens (including phenoxy) is 1. The molecular formula is C24H15Cl2N5O4S. The van der Waals surface area contributed by atoms with E-state index in [1.54, 1.807) is 12.1 Å². The van der Waals surface area contributed by atoms with Crippen LogP contribution in [0.5, 0.6) is 5.75 Å². The van der Waals surface area contributed by atoms with E-state index in [2.05, 4.69) is 26.0 Å². The Bertz CT molecular complexity index is 1440. The monoisotopic (exact) mass is 539 g/mol. The number of nitrogens with one attached hydrogen (secondary N) is 2. The van der Waals surface area contributed by atoms with Crippen molar-refractivity contribution in [3.05, 3.63) is 94.0 Å². The molecule has 12 heteroatoms. The fraction of sp³-hybridized carbons (Fsp3) is 0. The van der Waals surface area contributed by atoms with E-state index in [-0.39, 0.29) is 21.5 Å².